The Morgan fingerprint density at radius 3 is 2.78 bits per heavy atom. The molecule has 1 aliphatic rings. The average Bonchev–Trinajstić information content (AvgIpc) is 3.28. The molecule has 4 rings (SSSR count). The number of imidazole rings is 1. The molecule has 1 N–H and O–H groups in total. The van der Waals surface area contributed by atoms with Crippen LogP contribution in [0.5, 0.6) is 0 Å². The van der Waals surface area contributed by atoms with E-state index in [-0.39, 0.29) is 11.9 Å². The number of hydrogen-bond acceptors (Lipinski definition) is 4. The molecule has 6 nitrogen and oxygen atoms in total. The molecule has 1 aliphatic heterocycles. The van der Waals surface area contributed by atoms with E-state index >= 15 is 0 Å². The Morgan fingerprint density at radius 1 is 1.37 bits per heavy atom. The third kappa shape index (κ3) is 4.66. The van der Waals surface area contributed by atoms with Crippen molar-refractivity contribution in [2.24, 2.45) is 7.05 Å². The maximum Gasteiger partial charge on any atom is 0.491 e. The van der Waals surface area contributed by atoms with E-state index in [2.05, 4.69) is 43.7 Å². The van der Waals surface area contributed by atoms with Crippen molar-refractivity contribution in [2.75, 3.05) is 0 Å². The van der Waals surface area contributed by atoms with Crippen LogP contribution in [-0.2, 0) is 24.7 Å². The Hall–Kier alpha value is -1.97. The van der Waals surface area contributed by atoms with Gasteiger partial charge >= 0.3 is 7.12 Å². The molecule has 0 spiro atoms. The summed E-state index contributed by atoms with van der Waals surface area (Å²) in [6.07, 6.45) is 6.69. The van der Waals surface area contributed by atoms with Crippen LogP contribution in [0.2, 0.25) is 0 Å². The highest BCUT2D eigenvalue weighted by molar-refractivity contribution is 9.10. The van der Waals surface area contributed by atoms with Gasteiger partial charge in [0.2, 0.25) is 0 Å². The molecule has 2 aromatic heterocycles. The second-order valence-corrected chi connectivity index (χ2v) is 7.16. The first kappa shape index (κ1) is 19.8. The third-order valence-corrected chi connectivity index (χ3v) is 5.01. The summed E-state index contributed by atoms with van der Waals surface area (Å²) in [5.41, 5.74) is 3.69. The molecular weight excluding hydrogens is 414 g/mol. The first-order chi connectivity index (χ1) is 12.9. The van der Waals surface area contributed by atoms with E-state index in [1.165, 1.54) is 12.1 Å². The molecule has 1 unspecified atom stereocenters. The fraction of sp³-hybridized carbons (Fsp3) is 0.333. The van der Waals surface area contributed by atoms with Crippen molar-refractivity contribution in [1.82, 2.24) is 19.3 Å². The summed E-state index contributed by atoms with van der Waals surface area (Å²) >= 11 is 3.43. The lowest BCUT2D eigenvalue weighted by Gasteiger charge is -2.02. The Bertz CT molecular complexity index is 930. The lowest BCUT2D eigenvalue weighted by atomic mass is 9.79. The Morgan fingerprint density at radius 2 is 2.15 bits per heavy atom. The van der Waals surface area contributed by atoms with Crippen LogP contribution in [0.25, 0.3) is 0 Å². The van der Waals surface area contributed by atoms with Gasteiger partial charge in [-0.3, -0.25) is 4.68 Å². The molecular formula is C18H21BBrFN4O2. The second-order valence-electron chi connectivity index (χ2n) is 6.41. The molecule has 1 aromatic carbocycles. The van der Waals surface area contributed by atoms with Crippen LogP contribution in [-0.4, -0.2) is 31.5 Å². The predicted octanol–water partition coefficient (Wildman–Crippen LogP) is 2.59. The van der Waals surface area contributed by atoms with Crippen molar-refractivity contribution >= 4 is 28.5 Å². The minimum Gasteiger partial charge on any atom is -0.423 e. The van der Waals surface area contributed by atoms with E-state index in [4.69, 9.17) is 4.65 Å². The van der Waals surface area contributed by atoms with Crippen LogP contribution in [0.4, 0.5) is 4.39 Å². The largest absolute Gasteiger partial charge is 0.491 e. The Labute approximate surface area is 166 Å². The summed E-state index contributed by atoms with van der Waals surface area (Å²) in [5.74, 6) is -0.293. The van der Waals surface area contributed by atoms with E-state index in [0.29, 0.717) is 5.46 Å². The first-order valence-electron chi connectivity index (χ1n) is 8.69. The Kier molecular flexibility index (Phi) is 6.13. The quantitative estimate of drug-likeness (QED) is 0.643. The molecule has 0 bridgehead atoms. The second kappa shape index (κ2) is 8.37. The lowest BCUT2D eigenvalue weighted by molar-refractivity contribution is 0.208. The van der Waals surface area contributed by atoms with Crippen molar-refractivity contribution in [1.29, 1.82) is 0 Å². The molecule has 9 heteroatoms. The minimum absolute atomic E-state index is 0.217. The molecule has 0 fully saturated rings. The summed E-state index contributed by atoms with van der Waals surface area (Å²) < 4.78 is 22.6. The molecule has 3 aromatic rings. The standard InChI is InChI=1S/C10H13BrN4.C8H8BFO2/c1-3-9-6-15(7-12-9)5-8-4-14(2)13-10(8)11;1-5-7-4-6(10)2-3-8(7)9(11)12-5/h4,6-7H,3,5H2,1-2H3;2-5,11H,1H3. The monoisotopic (exact) mass is 434 g/mol. The van der Waals surface area contributed by atoms with Crippen LogP contribution in [0, 0.1) is 5.82 Å². The number of aryl methyl sites for hydroxylation is 2. The molecule has 0 radical (unpaired) electrons. The van der Waals surface area contributed by atoms with Crippen molar-refractivity contribution in [3.05, 3.63) is 64.2 Å². The summed E-state index contributed by atoms with van der Waals surface area (Å²) in [4.78, 5) is 4.29. The van der Waals surface area contributed by atoms with Gasteiger partial charge in [-0.2, -0.15) is 5.10 Å². The smallest absolute Gasteiger partial charge is 0.423 e. The van der Waals surface area contributed by atoms with Gasteiger partial charge in [0.1, 0.15) is 10.4 Å². The van der Waals surface area contributed by atoms with Gasteiger partial charge in [-0.05, 0) is 52.4 Å². The number of nitrogens with zero attached hydrogens (tertiary/aromatic N) is 4. The number of rotatable bonds is 3. The van der Waals surface area contributed by atoms with Gasteiger partial charge in [0.25, 0.3) is 0 Å². The van der Waals surface area contributed by atoms with Gasteiger partial charge in [0.15, 0.2) is 0 Å². The highest BCUT2D eigenvalue weighted by Gasteiger charge is 2.32. The van der Waals surface area contributed by atoms with Crippen LogP contribution in [0.15, 0.2) is 41.5 Å². The van der Waals surface area contributed by atoms with Gasteiger partial charge in [-0.15, -0.1) is 0 Å². The molecule has 0 aliphatic carbocycles. The van der Waals surface area contributed by atoms with Crippen molar-refractivity contribution < 1.29 is 14.1 Å². The number of halogens is 2. The average molecular weight is 435 g/mol. The summed E-state index contributed by atoms with van der Waals surface area (Å²) in [7, 11) is 1.02. The SMILES string of the molecule is CC1OB(O)c2ccc(F)cc21.CCc1cn(Cc2cn(C)nc2Br)cn1. The van der Waals surface area contributed by atoms with Crippen molar-refractivity contribution in [3.8, 4) is 0 Å². The first-order valence-corrected chi connectivity index (χ1v) is 9.48. The summed E-state index contributed by atoms with van der Waals surface area (Å²) in [6, 6.07) is 4.28. The number of aromatic nitrogens is 4. The summed E-state index contributed by atoms with van der Waals surface area (Å²) in [5, 5.41) is 13.5. The molecule has 0 amide bonds. The molecule has 3 heterocycles. The molecule has 142 valence electrons. The number of benzene rings is 1. The van der Waals surface area contributed by atoms with E-state index in [0.717, 1.165) is 34.4 Å². The zero-order valence-electron chi connectivity index (χ0n) is 15.4. The van der Waals surface area contributed by atoms with Crippen LogP contribution in [0.1, 0.15) is 36.8 Å². The maximum atomic E-state index is 12.7. The highest BCUT2D eigenvalue weighted by Crippen LogP contribution is 2.22. The van der Waals surface area contributed by atoms with Crippen molar-refractivity contribution in [2.45, 2.75) is 32.9 Å². The van der Waals surface area contributed by atoms with Crippen LogP contribution >= 0.6 is 15.9 Å². The van der Waals surface area contributed by atoms with E-state index in [1.807, 2.05) is 19.6 Å². The normalized spacial score (nSPS) is 15.5. The topological polar surface area (TPSA) is 65.1 Å². The minimum atomic E-state index is -0.893. The van der Waals surface area contributed by atoms with Gasteiger partial charge < -0.3 is 14.2 Å². The number of fused-ring (bicyclic) bond motifs is 1. The Balaban J connectivity index is 0.000000159. The number of hydrogen-bond donors (Lipinski definition) is 1. The third-order valence-electron chi connectivity index (χ3n) is 4.34. The fourth-order valence-corrected chi connectivity index (χ4v) is 3.43. The lowest BCUT2D eigenvalue weighted by Crippen LogP contribution is -2.27. The zero-order chi connectivity index (χ0) is 19.6. The van der Waals surface area contributed by atoms with Gasteiger partial charge in [0, 0.05) is 25.0 Å². The molecule has 0 saturated heterocycles. The van der Waals surface area contributed by atoms with E-state index < -0.39 is 7.12 Å². The fourth-order valence-electron chi connectivity index (χ4n) is 2.95. The van der Waals surface area contributed by atoms with Gasteiger partial charge in [-0.1, -0.05) is 13.0 Å². The van der Waals surface area contributed by atoms with E-state index in [9.17, 15) is 9.41 Å². The van der Waals surface area contributed by atoms with Crippen LogP contribution < -0.4 is 5.46 Å². The highest BCUT2D eigenvalue weighted by atomic mass is 79.9. The summed E-state index contributed by atoms with van der Waals surface area (Å²) in [6.45, 7) is 4.70. The van der Waals surface area contributed by atoms with Crippen LogP contribution in [0.3, 0.4) is 0 Å². The zero-order valence-corrected chi connectivity index (χ0v) is 17.0. The molecule has 1 atom stereocenters. The van der Waals surface area contributed by atoms with E-state index in [1.54, 1.807) is 17.7 Å². The van der Waals surface area contributed by atoms with Crippen molar-refractivity contribution in [3.63, 3.8) is 0 Å². The molecule has 0 saturated carbocycles. The van der Waals surface area contributed by atoms with Gasteiger partial charge in [0.05, 0.1) is 24.7 Å². The molecule has 27 heavy (non-hydrogen) atoms. The predicted molar refractivity (Wildman–Crippen MR) is 105 cm³/mol. The van der Waals surface area contributed by atoms with Gasteiger partial charge in [-0.25, -0.2) is 9.37 Å². The maximum absolute atomic E-state index is 12.7.